The zero-order valence-corrected chi connectivity index (χ0v) is 28.0. The number of para-hydroxylation sites is 1. The molecule has 49 heavy (non-hydrogen) atoms. The predicted molar refractivity (Wildman–Crippen MR) is 196 cm³/mol. The summed E-state index contributed by atoms with van der Waals surface area (Å²) < 4.78 is 11.3. The summed E-state index contributed by atoms with van der Waals surface area (Å²) in [7, 11) is 0. The van der Waals surface area contributed by atoms with Gasteiger partial charge in [0.05, 0.1) is 13.2 Å². The van der Waals surface area contributed by atoms with Crippen LogP contribution in [-0.2, 0) is 9.59 Å². The minimum atomic E-state index is -0.540. The van der Waals surface area contributed by atoms with E-state index in [1.807, 2.05) is 105 Å². The van der Waals surface area contributed by atoms with Crippen LogP contribution in [0.2, 0.25) is 0 Å². The van der Waals surface area contributed by atoms with Crippen LogP contribution in [0.3, 0.4) is 0 Å². The molecule has 0 heterocycles. The highest BCUT2D eigenvalue weighted by Gasteiger charge is 2.23. The van der Waals surface area contributed by atoms with Gasteiger partial charge in [0.15, 0.2) is 0 Å². The zero-order valence-electron chi connectivity index (χ0n) is 27.2. The molecular weight excluding hydrogens is 635 g/mol. The monoisotopic (exact) mass is 671 g/mol. The molecule has 0 radical (unpaired) electrons. The van der Waals surface area contributed by atoms with Crippen LogP contribution in [0.4, 0.5) is 11.4 Å². The predicted octanol–water partition coefficient (Wildman–Crippen LogP) is 8.37. The van der Waals surface area contributed by atoms with E-state index in [0.717, 1.165) is 16.2 Å². The van der Waals surface area contributed by atoms with Gasteiger partial charge in [-0.3, -0.25) is 14.4 Å². The Balaban J connectivity index is 1.33. The molecule has 1 atom stereocenters. The average molecular weight is 672 g/mol. The van der Waals surface area contributed by atoms with Gasteiger partial charge < -0.3 is 25.4 Å². The number of amides is 3. The van der Waals surface area contributed by atoms with E-state index in [2.05, 4.69) is 16.0 Å². The first-order valence-electron chi connectivity index (χ1n) is 15.9. The molecule has 0 fully saturated rings. The van der Waals surface area contributed by atoms with Crippen molar-refractivity contribution in [2.24, 2.45) is 0 Å². The van der Waals surface area contributed by atoms with E-state index in [4.69, 9.17) is 9.47 Å². The first kappa shape index (κ1) is 34.5. The van der Waals surface area contributed by atoms with Gasteiger partial charge in [0, 0.05) is 27.4 Å². The number of carbonyl (C=O) groups is 3. The molecule has 0 aliphatic rings. The van der Waals surface area contributed by atoms with Gasteiger partial charge >= 0.3 is 0 Å². The summed E-state index contributed by atoms with van der Waals surface area (Å²) in [5.74, 6) is 0.225. The lowest BCUT2D eigenvalue weighted by Gasteiger charge is -2.18. The summed E-state index contributed by atoms with van der Waals surface area (Å²) in [4.78, 5) is 41.1. The first-order valence-corrected chi connectivity index (χ1v) is 16.8. The number of nitrogens with one attached hydrogen (secondary N) is 3. The highest BCUT2D eigenvalue weighted by atomic mass is 32.2. The minimum absolute atomic E-state index is 0.0505. The molecule has 0 saturated heterocycles. The molecule has 0 aromatic heterocycles. The number of benzene rings is 5. The minimum Gasteiger partial charge on any atom is -0.494 e. The van der Waals surface area contributed by atoms with Crippen LogP contribution in [0.1, 0.15) is 40.6 Å². The lowest BCUT2D eigenvalue weighted by atomic mass is 10.1. The molecule has 0 bridgehead atoms. The van der Waals surface area contributed by atoms with Crippen molar-refractivity contribution < 1.29 is 23.9 Å². The molecule has 0 saturated carbocycles. The lowest BCUT2D eigenvalue weighted by molar-refractivity contribution is -0.116. The highest BCUT2D eigenvalue weighted by molar-refractivity contribution is 8.00. The third-order valence-corrected chi connectivity index (χ3v) is 8.45. The van der Waals surface area contributed by atoms with Gasteiger partial charge in [0.25, 0.3) is 11.8 Å². The van der Waals surface area contributed by atoms with Crippen LogP contribution in [0.5, 0.6) is 11.5 Å². The molecule has 5 aromatic rings. The molecule has 248 valence electrons. The Morgan fingerprint density at radius 3 is 1.94 bits per heavy atom. The first-order chi connectivity index (χ1) is 23.9. The topological polar surface area (TPSA) is 106 Å². The van der Waals surface area contributed by atoms with Crippen molar-refractivity contribution in [3.63, 3.8) is 0 Å². The van der Waals surface area contributed by atoms with Crippen LogP contribution in [0.25, 0.3) is 6.08 Å². The summed E-state index contributed by atoms with van der Waals surface area (Å²) >= 11 is 1.40. The van der Waals surface area contributed by atoms with E-state index < -0.39 is 17.1 Å². The van der Waals surface area contributed by atoms with E-state index in [1.54, 1.807) is 48.5 Å². The second-order valence-corrected chi connectivity index (χ2v) is 11.9. The maximum Gasteiger partial charge on any atom is 0.272 e. The molecule has 5 aromatic carbocycles. The zero-order chi connectivity index (χ0) is 34.4. The quantitative estimate of drug-likeness (QED) is 0.0810. The molecule has 3 N–H and O–H groups in total. The van der Waals surface area contributed by atoms with Crippen molar-refractivity contribution in [3.8, 4) is 11.5 Å². The maximum absolute atomic E-state index is 13.6. The lowest BCUT2D eigenvalue weighted by Crippen LogP contribution is -2.30. The number of rotatable bonds is 14. The van der Waals surface area contributed by atoms with Crippen molar-refractivity contribution in [2.45, 2.75) is 24.0 Å². The van der Waals surface area contributed by atoms with E-state index in [0.29, 0.717) is 41.5 Å². The summed E-state index contributed by atoms with van der Waals surface area (Å²) in [5, 5.41) is 8.13. The van der Waals surface area contributed by atoms with Crippen molar-refractivity contribution in [1.82, 2.24) is 5.32 Å². The number of carbonyl (C=O) groups excluding carboxylic acids is 3. The smallest absolute Gasteiger partial charge is 0.272 e. The maximum atomic E-state index is 13.6. The van der Waals surface area contributed by atoms with Crippen molar-refractivity contribution >= 4 is 46.9 Å². The van der Waals surface area contributed by atoms with Gasteiger partial charge in [-0.15, -0.1) is 11.8 Å². The Bertz CT molecular complexity index is 1880. The number of thioether (sulfide) groups is 1. The summed E-state index contributed by atoms with van der Waals surface area (Å²) in [6.07, 6.45) is 1.60. The molecule has 0 aliphatic carbocycles. The molecule has 5 rings (SSSR count). The van der Waals surface area contributed by atoms with Gasteiger partial charge in [-0.2, -0.15) is 0 Å². The van der Waals surface area contributed by atoms with Crippen molar-refractivity contribution in [2.75, 3.05) is 23.8 Å². The Morgan fingerprint density at radius 1 is 0.673 bits per heavy atom. The fourth-order valence-corrected chi connectivity index (χ4v) is 5.87. The Morgan fingerprint density at radius 2 is 1.27 bits per heavy atom. The van der Waals surface area contributed by atoms with Crippen LogP contribution in [0.15, 0.2) is 144 Å². The summed E-state index contributed by atoms with van der Waals surface area (Å²) in [6, 6.07) is 40.0. The SMILES string of the molecule is CCOc1ccc(NC(=O)C(Sc2ccc(NC(=O)/C(=C/c3ccccc3OCC)NC(=O)c3ccccc3)cc2)c2ccccc2)cc1. The second kappa shape index (κ2) is 17.4. The van der Waals surface area contributed by atoms with Gasteiger partial charge in [-0.1, -0.05) is 66.7 Å². The van der Waals surface area contributed by atoms with Crippen molar-refractivity contribution in [3.05, 3.63) is 156 Å². The Kier molecular flexibility index (Phi) is 12.2. The van der Waals surface area contributed by atoms with Crippen LogP contribution < -0.4 is 25.4 Å². The molecule has 0 aliphatic heterocycles. The highest BCUT2D eigenvalue weighted by Crippen LogP contribution is 2.37. The molecule has 0 spiro atoms. The standard InChI is InChI=1S/C40H37N3O5S/c1-3-47-33-23-19-31(20-24-33)42-40(46)37(28-13-7-5-8-14-28)49-34-25-21-32(22-26-34)41-39(45)35(43-38(44)29-15-9-6-10-16-29)27-30-17-11-12-18-36(30)48-4-2/h5-27,37H,3-4H2,1-2H3,(H,41,45)(H,42,46)(H,43,44)/b35-27-. The van der Waals surface area contributed by atoms with Crippen LogP contribution in [-0.4, -0.2) is 30.9 Å². The molecule has 8 nitrogen and oxygen atoms in total. The third kappa shape index (κ3) is 9.85. The fourth-order valence-electron chi connectivity index (χ4n) is 4.85. The largest absolute Gasteiger partial charge is 0.494 e. The molecular formula is C40H37N3O5S. The van der Waals surface area contributed by atoms with E-state index in [1.165, 1.54) is 11.8 Å². The van der Waals surface area contributed by atoms with Crippen LogP contribution in [0, 0.1) is 0 Å². The van der Waals surface area contributed by atoms with Gasteiger partial charge in [-0.25, -0.2) is 0 Å². The summed E-state index contributed by atoms with van der Waals surface area (Å²) in [5.41, 5.74) is 3.15. The molecule has 1 unspecified atom stereocenters. The number of hydrogen-bond acceptors (Lipinski definition) is 6. The van der Waals surface area contributed by atoms with Crippen LogP contribution >= 0.6 is 11.8 Å². The average Bonchev–Trinajstić information content (AvgIpc) is 3.13. The van der Waals surface area contributed by atoms with Gasteiger partial charge in [-0.05, 0) is 92.2 Å². The molecule has 9 heteroatoms. The second-order valence-electron chi connectivity index (χ2n) is 10.7. The van der Waals surface area contributed by atoms with E-state index in [-0.39, 0.29) is 11.6 Å². The number of hydrogen-bond donors (Lipinski definition) is 3. The van der Waals surface area contributed by atoms with Gasteiger partial charge in [0.2, 0.25) is 5.91 Å². The van der Waals surface area contributed by atoms with E-state index >= 15 is 0 Å². The Hall–Kier alpha value is -5.80. The van der Waals surface area contributed by atoms with Crippen molar-refractivity contribution in [1.29, 1.82) is 0 Å². The fraction of sp³-hybridized carbons (Fsp3) is 0.125. The third-order valence-electron chi connectivity index (χ3n) is 7.19. The Labute approximate surface area is 290 Å². The van der Waals surface area contributed by atoms with E-state index in [9.17, 15) is 14.4 Å². The normalized spacial score (nSPS) is 11.6. The molecule has 3 amide bonds. The number of anilines is 2. The number of ether oxygens (including phenoxy) is 2. The summed E-state index contributed by atoms with van der Waals surface area (Å²) in [6.45, 7) is 4.81. The van der Waals surface area contributed by atoms with Gasteiger partial charge in [0.1, 0.15) is 22.4 Å².